The predicted molar refractivity (Wildman–Crippen MR) is 75.2 cm³/mol. The molecule has 0 heterocycles. The van der Waals surface area contributed by atoms with E-state index in [0.29, 0.717) is 6.10 Å². The fraction of sp³-hybridized carbons (Fsp3) is 0.647. The van der Waals surface area contributed by atoms with Gasteiger partial charge in [0.05, 0.1) is 6.10 Å². The van der Waals surface area contributed by atoms with Gasteiger partial charge in [-0.25, -0.2) is 0 Å². The minimum atomic E-state index is 0.477. The lowest BCUT2D eigenvalue weighted by Gasteiger charge is -2.22. The Balaban J connectivity index is 1.60. The maximum Gasteiger partial charge on any atom is 0.119 e. The summed E-state index contributed by atoms with van der Waals surface area (Å²) in [6, 6.07) is 8.95. The first-order chi connectivity index (χ1) is 8.92. The average molecular weight is 244 g/mol. The first-order valence-electron chi connectivity index (χ1n) is 7.68. The molecule has 1 aromatic rings. The molecule has 0 unspecified atom stereocenters. The van der Waals surface area contributed by atoms with Gasteiger partial charge in [-0.1, -0.05) is 31.4 Å². The SMILES string of the molecule is c1cc(C2CCCCC2)ccc1OC1CCCC1. The quantitative estimate of drug-likeness (QED) is 0.722. The smallest absolute Gasteiger partial charge is 0.119 e. The van der Waals surface area contributed by atoms with E-state index in [9.17, 15) is 0 Å². The molecule has 0 aliphatic heterocycles. The summed E-state index contributed by atoms with van der Waals surface area (Å²) in [6.07, 6.45) is 12.6. The summed E-state index contributed by atoms with van der Waals surface area (Å²) in [7, 11) is 0. The first kappa shape index (κ1) is 12.1. The van der Waals surface area contributed by atoms with Crippen LogP contribution in [0.25, 0.3) is 0 Å². The summed E-state index contributed by atoms with van der Waals surface area (Å²) < 4.78 is 6.02. The number of ether oxygens (including phenoxy) is 1. The highest BCUT2D eigenvalue weighted by Crippen LogP contribution is 2.33. The van der Waals surface area contributed by atoms with E-state index in [0.717, 1.165) is 11.7 Å². The Kier molecular flexibility index (Phi) is 3.87. The second-order valence-electron chi connectivity index (χ2n) is 5.93. The zero-order chi connectivity index (χ0) is 12.2. The van der Waals surface area contributed by atoms with Gasteiger partial charge in [0.15, 0.2) is 0 Å². The maximum absolute atomic E-state index is 6.02. The largest absolute Gasteiger partial charge is 0.490 e. The minimum Gasteiger partial charge on any atom is -0.490 e. The Morgan fingerprint density at radius 2 is 1.33 bits per heavy atom. The standard InChI is InChI=1S/C17H24O/c1-2-6-14(7-3-1)15-10-12-17(13-11-15)18-16-8-4-5-9-16/h10-14,16H,1-9H2. The van der Waals surface area contributed by atoms with Crippen LogP contribution >= 0.6 is 0 Å². The van der Waals surface area contributed by atoms with Crippen molar-refractivity contribution in [3.05, 3.63) is 29.8 Å². The molecule has 1 aromatic carbocycles. The molecular formula is C17H24O. The van der Waals surface area contributed by atoms with Gasteiger partial charge in [0.2, 0.25) is 0 Å². The molecule has 0 saturated heterocycles. The normalized spacial score (nSPS) is 22.2. The summed E-state index contributed by atoms with van der Waals surface area (Å²) in [6.45, 7) is 0. The summed E-state index contributed by atoms with van der Waals surface area (Å²) in [4.78, 5) is 0. The molecule has 0 atom stereocenters. The van der Waals surface area contributed by atoms with Gasteiger partial charge < -0.3 is 4.74 Å². The van der Waals surface area contributed by atoms with Crippen LogP contribution in [0.3, 0.4) is 0 Å². The third-order valence-corrected chi connectivity index (χ3v) is 4.56. The molecule has 0 spiro atoms. The fourth-order valence-electron chi connectivity index (χ4n) is 3.45. The Labute approximate surface area is 111 Å². The monoisotopic (exact) mass is 244 g/mol. The van der Waals surface area contributed by atoms with Crippen LogP contribution in [-0.4, -0.2) is 6.10 Å². The van der Waals surface area contributed by atoms with E-state index in [4.69, 9.17) is 4.74 Å². The molecule has 2 aliphatic rings. The molecule has 0 N–H and O–H groups in total. The average Bonchev–Trinajstić information content (AvgIpc) is 2.94. The van der Waals surface area contributed by atoms with Gasteiger partial charge in [0.25, 0.3) is 0 Å². The molecule has 2 aliphatic carbocycles. The molecule has 1 heteroatoms. The zero-order valence-electron chi connectivity index (χ0n) is 11.2. The van der Waals surface area contributed by atoms with E-state index in [1.807, 2.05) is 0 Å². The van der Waals surface area contributed by atoms with Gasteiger partial charge in [0, 0.05) is 0 Å². The molecule has 98 valence electrons. The van der Waals surface area contributed by atoms with Crippen molar-refractivity contribution in [1.29, 1.82) is 0 Å². The summed E-state index contributed by atoms with van der Waals surface area (Å²) in [5.41, 5.74) is 1.52. The number of rotatable bonds is 3. The molecule has 0 radical (unpaired) electrons. The predicted octanol–water partition coefficient (Wildman–Crippen LogP) is 5.06. The van der Waals surface area contributed by atoms with Crippen LogP contribution < -0.4 is 4.74 Å². The highest BCUT2D eigenvalue weighted by Gasteiger charge is 2.17. The number of hydrogen-bond acceptors (Lipinski definition) is 1. The van der Waals surface area contributed by atoms with Crippen molar-refractivity contribution >= 4 is 0 Å². The molecule has 0 bridgehead atoms. The molecule has 2 saturated carbocycles. The van der Waals surface area contributed by atoms with Gasteiger partial charge in [-0.05, 0) is 62.1 Å². The number of benzene rings is 1. The molecule has 2 fully saturated rings. The summed E-state index contributed by atoms with van der Waals surface area (Å²) >= 11 is 0. The van der Waals surface area contributed by atoms with Gasteiger partial charge in [-0.3, -0.25) is 0 Å². The lowest BCUT2D eigenvalue weighted by molar-refractivity contribution is 0.210. The van der Waals surface area contributed by atoms with Crippen molar-refractivity contribution in [3.63, 3.8) is 0 Å². The van der Waals surface area contributed by atoms with Crippen molar-refractivity contribution in [2.24, 2.45) is 0 Å². The van der Waals surface area contributed by atoms with E-state index < -0.39 is 0 Å². The first-order valence-corrected chi connectivity index (χ1v) is 7.68. The van der Waals surface area contributed by atoms with Gasteiger partial charge >= 0.3 is 0 Å². The van der Waals surface area contributed by atoms with E-state index in [1.165, 1.54) is 63.4 Å². The topological polar surface area (TPSA) is 9.23 Å². The summed E-state index contributed by atoms with van der Waals surface area (Å²) in [5.74, 6) is 1.88. The van der Waals surface area contributed by atoms with E-state index in [-0.39, 0.29) is 0 Å². The third kappa shape index (κ3) is 2.88. The van der Waals surface area contributed by atoms with Crippen molar-refractivity contribution < 1.29 is 4.74 Å². The van der Waals surface area contributed by atoms with Crippen LogP contribution in [0.4, 0.5) is 0 Å². The second-order valence-corrected chi connectivity index (χ2v) is 5.93. The van der Waals surface area contributed by atoms with Crippen LogP contribution in [0.2, 0.25) is 0 Å². The van der Waals surface area contributed by atoms with Gasteiger partial charge in [0.1, 0.15) is 5.75 Å². The van der Waals surface area contributed by atoms with E-state index in [1.54, 1.807) is 0 Å². The summed E-state index contributed by atoms with van der Waals surface area (Å²) in [5, 5.41) is 0. The molecule has 3 rings (SSSR count). The van der Waals surface area contributed by atoms with Crippen LogP contribution in [0.5, 0.6) is 5.75 Å². The van der Waals surface area contributed by atoms with Crippen molar-refractivity contribution in [3.8, 4) is 5.75 Å². The third-order valence-electron chi connectivity index (χ3n) is 4.56. The lowest BCUT2D eigenvalue weighted by atomic mass is 9.84. The lowest BCUT2D eigenvalue weighted by Crippen LogP contribution is -2.11. The Morgan fingerprint density at radius 1 is 0.722 bits per heavy atom. The van der Waals surface area contributed by atoms with Crippen LogP contribution in [-0.2, 0) is 0 Å². The van der Waals surface area contributed by atoms with Gasteiger partial charge in [-0.2, -0.15) is 0 Å². The van der Waals surface area contributed by atoms with E-state index in [2.05, 4.69) is 24.3 Å². The Morgan fingerprint density at radius 3 is 2.00 bits per heavy atom. The van der Waals surface area contributed by atoms with Crippen LogP contribution in [0.1, 0.15) is 69.3 Å². The molecular weight excluding hydrogens is 220 g/mol. The molecule has 18 heavy (non-hydrogen) atoms. The van der Waals surface area contributed by atoms with Gasteiger partial charge in [-0.15, -0.1) is 0 Å². The van der Waals surface area contributed by atoms with Crippen molar-refractivity contribution in [1.82, 2.24) is 0 Å². The maximum atomic E-state index is 6.02. The Hall–Kier alpha value is -0.980. The Bertz CT molecular complexity index is 356. The van der Waals surface area contributed by atoms with Crippen molar-refractivity contribution in [2.75, 3.05) is 0 Å². The number of hydrogen-bond donors (Lipinski definition) is 0. The van der Waals surface area contributed by atoms with E-state index >= 15 is 0 Å². The highest BCUT2D eigenvalue weighted by molar-refractivity contribution is 5.29. The molecule has 0 amide bonds. The zero-order valence-corrected chi connectivity index (χ0v) is 11.2. The second kappa shape index (κ2) is 5.77. The fourth-order valence-corrected chi connectivity index (χ4v) is 3.45. The highest BCUT2D eigenvalue weighted by atomic mass is 16.5. The minimum absolute atomic E-state index is 0.477. The van der Waals surface area contributed by atoms with Crippen molar-refractivity contribution in [2.45, 2.75) is 69.8 Å². The molecule has 0 aromatic heterocycles. The molecule has 1 nitrogen and oxygen atoms in total. The van der Waals surface area contributed by atoms with Crippen LogP contribution in [0, 0.1) is 0 Å². The van der Waals surface area contributed by atoms with Crippen LogP contribution in [0.15, 0.2) is 24.3 Å².